The summed E-state index contributed by atoms with van der Waals surface area (Å²) in [7, 11) is 0. The molecule has 0 bridgehead atoms. The van der Waals surface area contributed by atoms with Gasteiger partial charge < -0.3 is 5.73 Å². The predicted octanol–water partition coefficient (Wildman–Crippen LogP) is 2.22. The molecule has 1 fully saturated rings. The Morgan fingerprint density at radius 3 is 3.06 bits per heavy atom. The monoisotopic (exact) mass is 269 g/mol. The molecule has 1 aromatic heterocycles. The van der Waals surface area contributed by atoms with E-state index in [0.29, 0.717) is 12.6 Å². The van der Waals surface area contributed by atoms with Gasteiger partial charge in [-0.2, -0.15) is 0 Å². The van der Waals surface area contributed by atoms with Crippen molar-refractivity contribution in [1.29, 1.82) is 0 Å². The van der Waals surface area contributed by atoms with Crippen molar-refractivity contribution in [2.24, 2.45) is 11.7 Å². The highest BCUT2D eigenvalue weighted by atomic mass is 32.1. The second-order valence-electron chi connectivity index (χ2n) is 5.04. The van der Waals surface area contributed by atoms with Gasteiger partial charge in [-0.25, -0.2) is 0 Å². The Morgan fingerprint density at radius 2 is 2.44 bits per heavy atom. The molecule has 0 aromatic carbocycles. The van der Waals surface area contributed by atoms with Gasteiger partial charge in [0.2, 0.25) is 0 Å². The minimum absolute atomic E-state index is 0.222. The zero-order valence-corrected chi connectivity index (χ0v) is 11.4. The SMILES string of the molecule is CC1CCN(Cc2csc([N+](=O)[O-])c2)C(CN)C1. The number of hydrogen-bond acceptors (Lipinski definition) is 5. The Labute approximate surface area is 111 Å². The van der Waals surface area contributed by atoms with E-state index in [-0.39, 0.29) is 9.92 Å². The second kappa shape index (κ2) is 5.77. The normalized spacial score (nSPS) is 25.2. The number of likely N-dealkylation sites (tertiary alicyclic amines) is 1. The van der Waals surface area contributed by atoms with Gasteiger partial charge in [-0.3, -0.25) is 15.0 Å². The summed E-state index contributed by atoms with van der Waals surface area (Å²) in [6.45, 7) is 4.73. The highest BCUT2D eigenvalue weighted by Crippen LogP contribution is 2.27. The number of nitrogens with two attached hydrogens (primary N) is 1. The molecule has 0 radical (unpaired) electrons. The summed E-state index contributed by atoms with van der Waals surface area (Å²) >= 11 is 1.20. The Bertz CT molecular complexity index is 421. The van der Waals surface area contributed by atoms with Gasteiger partial charge in [0.25, 0.3) is 0 Å². The lowest BCUT2D eigenvalue weighted by Gasteiger charge is -2.37. The molecule has 1 aliphatic heterocycles. The first-order chi connectivity index (χ1) is 8.60. The van der Waals surface area contributed by atoms with Crippen molar-refractivity contribution in [3.8, 4) is 0 Å². The Morgan fingerprint density at radius 1 is 1.67 bits per heavy atom. The minimum Gasteiger partial charge on any atom is -0.329 e. The summed E-state index contributed by atoms with van der Waals surface area (Å²) < 4.78 is 0. The summed E-state index contributed by atoms with van der Waals surface area (Å²) in [6.07, 6.45) is 2.31. The van der Waals surface area contributed by atoms with Crippen LogP contribution in [0.1, 0.15) is 25.3 Å². The van der Waals surface area contributed by atoms with E-state index >= 15 is 0 Å². The van der Waals surface area contributed by atoms with E-state index in [1.807, 2.05) is 5.38 Å². The molecule has 18 heavy (non-hydrogen) atoms. The van der Waals surface area contributed by atoms with Gasteiger partial charge in [0.1, 0.15) is 0 Å². The van der Waals surface area contributed by atoms with Gasteiger partial charge in [0.05, 0.1) is 4.92 Å². The lowest BCUT2D eigenvalue weighted by atomic mass is 9.92. The lowest BCUT2D eigenvalue weighted by Crippen LogP contribution is -2.45. The van der Waals surface area contributed by atoms with E-state index < -0.39 is 0 Å². The van der Waals surface area contributed by atoms with Crippen LogP contribution in [0.3, 0.4) is 0 Å². The van der Waals surface area contributed by atoms with Gasteiger partial charge in [0, 0.05) is 30.6 Å². The Kier molecular flexibility index (Phi) is 4.31. The summed E-state index contributed by atoms with van der Waals surface area (Å²) in [5.74, 6) is 0.728. The summed E-state index contributed by atoms with van der Waals surface area (Å²) in [5.41, 5.74) is 6.84. The molecule has 2 rings (SSSR count). The number of thiophene rings is 1. The molecule has 0 saturated carbocycles. The third-order valence-electron chi connectivity index (χ3n) is 3.58. The highest BCUT2D eigenvalue weighted by molar-refractivity contribution is 7.13. The molecule has 2 heterocycles. The van der Waals surface area contributed by atoms with Gasteiger partial charge in [0.15, 0.2) is 0 Å². The predicted molar refractivity (Wildman–Crippen MR) is 72.6 cm³/mol. The largest absolute Gasteiger partial charge is 0.329 e. The number of piperidine rings is 1. The standard InChI is InChI=1S/C12H19N3O2S/c1-9-2-3-14(11(4-9)6-13)7-10-5-12(15(16)17)18-8-10/h5,8-9,11H,2-4,6-7,13H2,1H3. The van der Waals surface area contributed by atoms with Crippen LogP contribution >= 0.6 is 11.3 Å². The van der Waals surface area contributed by atoms with E-state index in [0.717, 1.165) is 31.0 Å². The first kappa shape index (κ1) is 13.5. The molecule has 1 saturated heterocycles. The molecule has 2 N–H and O–H groups in total. The van der Waals surface area contributed by atoms with E-state index in [2.05, 4.69) is 11.8 Å². The van der Waals surface area contributed by atoms with Crippen molar-refractivity contribution in [1.82, 2.24) is 4.90 Å². The van der Waals surface area contributed by atoms with E-state index in [1.54, 1.807) is 6.07 Å². The average Bonchev–Trinajstić information content (AvgIpc) is 2.80. The quantitative estimate of drug-likeness (QED) is 0.672. The summed E-state index contributed by atoms with van der Waals surface area (Å²) in [5, 5.41) is 12.8. The molecule has 0 aliphatic carbocycles. The van der Waals surface area contributed by atoms with Crippen LogP contribution in [0.5, 0.6) is 0 Å². The van der Waals surface area contributed by atoms with Gasteiger partial charge in [-0.15, -0.1) is 0 Å². The fourth-order valence-electron chi connectivity index (χ4n) is 2.53. The first-order valence-electron chi connectivity index (χ1n) is 6.26. The van der Waals surface area contributed by atoms with Crippen LogP contribution in [0.2, 0.25) is 0 Å². The van der Waals surface area contributed by atoms with Crippen LogP contribution in [0.25, 0.3) is 0 Å². The van der Waals surface area contributed by atoms with Gasteiger partial charge >= 0.3 is 5.00 Å². The van der Waals surface area contributed by atoms with Crippen molar-refractivity contribution >= 4 is 16.3 Å². The number of nitrogens with zero attached hydrogens (tertiary/aromatic N) is 2. The van der Waals surface area contributed by atoms with Crippen LogP contribution in [0.15, 0.2) is 11.4 Å². The van der Waals surface area contributed by atoms with Crippen LogP contribution in [-0.2, 0) is 6.54 Å². The number of nitro groups is 1. The summed E-state index contributed by atoms with van der Waals surface area (Å²) in [6, 6.07) is 2.09. The zero-order chi connectivity index (χ0) is 13.1. The van der Waals surface area contributed by atoms with Crippen molar-refractivity contribution in [3.63, 3.8) is 0 Å². The fourth-order valence-corrected chi connectivity index (χ4v) is 3.25. The van der Waals surface area contributed by atoms with Crippen LogP contribution in [-0.4, -0.2) is 29.0 Å². The van der Waals surface area contributed by atoms with Crippen LogP contribution in [0.4, 0.5) is 5.00 Å². The van der Waals surface area contributed by atoms with Crippen molar-refractivity contribution in [3.05, 3.63) is 27.1 Å². The third-order valence-corrected chi connectivity index (χ3v) is 4.51. The molecule has 1 aromatic rings. The van der Waals surface area contributed by atoms with E-state index in [1.165, 1.54) is 17.8 Å². The van der Waals surface area contributed by atoms with E-state index in [4.69, 9.17) is 5.73 Å². The molecule has 1 aliphatic rings. The summed E-state index contributed by atoms with van der Waals surface area (Å²) in [4.78, 5) is 12.7. The molecule has 100 valence electrons. The van der Waals surface area contributed by atoms with E-state index in [9.17, 15) is 10.1 Å². The maximum absolute atomic E-state index is 10.7. The molecular weight excluding hydrogens is 250 g/mol. The highest BCUT2D eigenvalue weighted by Gasteiger charge is 2.25. The fraction of sp³-hybridized carbons (Fsp3) is 0.667. The zero-order valence-electron chi connectivity index (χ0n) is 10.5. The van der Waals surface area contributed by atoms with Gasteiger partial charge in [-0.1, -0.05) is 18.3 Å². The molecule has 6 heteroatoms. The van der Waals surface area contributed by atoms with Crippen LogP contribution in [0, 0.1) is 16.0 Å². The van der Waals surface area contributed by atoms with Crippen LogP contribution < -0.4 is 5.73 Å². The van der Waals surface area contributed by atoms with Crippen molar-refractivity contribution in [2.75, 3.05) is 13.1 Å². The Hall–Kier alpha value is -0.980. The minimum atomic E-state index is -0.327. The van der Waals surface area contributed by atoms with Crippen molar-refractivity contribution < 1.29 is 4.92 Å². The Balaban J connectivity index is 2.00. The molecule has 2 atom stereocenters. The second-order valence-corrected chi connectivity index (χ2v) is 5.93. The lowest BCUT2D eigenvalue weighted by molar-refractivity contribution is -0.380. The smallest absolute Gasteiger partial charge is 0.324 e. The van der Waals surface area contributed by atoms with Gasteiger partial charge in [-0.05, 0) is 30.9 Å². The third kappa shape index (κ3) is 3.07. The maximum Gasteiger partial charge on any atom is 0.324 e. The number of hydrogen-bond donors (Lipinski definition) is 1. The first-order valence-corrected chi connectivity index (χ1v) is 7.14. The molecule has 0 amide bonds. The molecule has 5 nitrogen and oxygen atoms in total. The number of rotatable bonds is 4. The maximum atomic E-state index is 10.7. The van der Waals surface area contributed by atoms with Crippen molar-refractivity contribution in [2.45, 2.75) is 32.4 Å². The molecular formula is C12H19N3O2S. The molecule has 0 spiro atoms. The average molecular weight is 269 g/mol. The molecule has 2 unspecified atom stereocenters. The topological polar surface area (TPSA) is 72.4 Å².